The van der Waals surface area contributed by atoms with Gasteiger partial charge < -0.3 is 27.0 Å². The molecular formula is C19H23BrN2O3. The van der Waals surface area contributed by atoms with Crippen molar-refractivity contribution in [3.63, 3.8) is 0 Å². The predicted octanol–water partition coefficient (Wildman–Crippen LogP) is -0.0362. The number of ether oxygens (including phenoxy) is 1. The number of aromatic nitrogens is 1. The molecule has 0 spiro atoms. The van der Waals surface area contributed by atoms with E-state index in [0.717, 1.165) is 19.4 Å². The highest BCUT2D eigenvalue weighted by Crippen LogP contribution is 2.11. The molecule has 5 nitrogen and oxygen atoms in total. The van der Waals surface area contributed by atoms with E-state index in [0.29, 0.717) is 24.3 Å². The molecule has 0 unspecified atom stereocenters. The Kier molecular flexibility index (Phi) is 9.47. The van der Waals surface area contributed by atoms with Crippen molar-refractivity contribution in [3.8, 4) is 0 Å². The van der Waals surface area contributed by atoms with E-state index in [-0.39, 0.29) is 28.9 Å². The predicted molar refractivity (Wildman–Crippen MR) is 91.5 cm³/mol. The average Bonchev–Trinajstić information content (AvgIpc) is 2.60. The van der Waals surface area contributed by atoms with Crippen LogP contribution in [0.2, 0.25) is 0 Å². The Bertz CT molecular complexity index is 660. The van der Waals surface area contributed by atoms with Crippen molar-refractivity contribution < 1.29 is 35.9 Å². The molecule has 25 heavy (non-hydrogen) atoms. The van der Waals surface area contributed by atoms with Crippen LogP contribution in [0.5, 0.6) is 0 Å². The van der Waals surface area contributed by atoms with E-state index in [9.17, 15) is 9.59 Å². The van der Waals surface area contributed by atoms with Gasteiger partial charge in [0.2, 0.25) is 5.91 Å². The summed E-state index contributed by atoms with van der Waals surface area (Å²) < 4.78 is 7.03. The molecule has 0 aliphatic carbocycles. The molecule has 0 fully saturated rings. The number of carbonyl (C=O) groups is 2. The van der Waals surface area contributed by atoms with Crippen molar-refractivity contribution in [2.75, 3.05) is 11.9 Å². The lowest BCUT2D eigenvalue weighted by Crippen LogP contribution is -3.00. The van der Waals surface area contributed by atoms with E-state index in [1.54, 1.807) is 31.2 Å². The van der Waals surface area contributed by atoms with Crippen molar-refractivity contribution in [2.24, 2.45) is 0 Å². The van der Waals surface area contributed by atoms with Crippen LogP contribution in [-0.4, -0.2) is 18.5 Å². The number of halogens is 1. The van der Waals surface area contributed by atoms with Crippen LogP contribution in [0, 0.1) is 0 Å². The first-order chi connectivity index (χ1) is 11.7. The smallest absolute Gasteiger partial charge is 0.338 e. The normalized spacial score (nSPS) is 9.80. The Morgan fingerprint density at radius 2 is 1.72 bits per heavy atom. The SMILES string of the molecule is CCOC(=O)c1ccc(NC(=O)CCCC[n+]2ccccc2)cc1.[Br-]. The minimum Gasteiger partial charge on any atom is -1.00 e. The zero-order valence-electron chi connectivity index (χ0n) is 14.3. The molecule has 0 aliphatic rings. The maximum absolute atomic E-state index is 11.9. The number of pyridine rings is 1. The standard InChI is InChI=1S/C19H22N2O3.BrH/c1-2-24-19(23)16-9-11-17(12-10-16)20-18(22)8-4-7-15-21-13-5-3-6-14-21;/h3,5-6,9-14H,2,4,7-8,15H2,1H3;1H. The Balaban J connectivity index is 0.00000312. The van der Waals surface area contributed by atoms with Gasteiger partial charge in [0.15, 0.2) is 12.4 Å². The highest BCUT2D eigenvalue weighted by atomic mass is 79.9. The fourth-order valence-electron chi connectivity index (χ4n) is 2.29. The number of anilines is 1. The van der Waals surface area contributed by atoms with Gasteiger partial charge in [-0.3, -0.25) is 4.79 Å². The van der Waals surface area contributed by atoms with E-state index in [2.05, 4.69) is 9.88 Å². The maximum atomic E-state index is 11.9. The summed E-state index contributed by atoms with van der Waals surface area (Å²) in [6.45, 7) is 3.02. The lowest BCUT2D eigenvalue weighted by atomic mass is 10.2. The van der Waals surface area contributed by atoms with E-state index in [4.69, 9.17) is 4.74 Å². The molecule has 0 bridgehead atoms. The minimum atomic E-state index is -0.353. The molecule has 134 valence electrons. The lowest BCUT2D eigenvalue weighted by molar-refractivity contribution is -0.697. The van der Waals surface area contributed by atoms with Crippen molar-refractivity contribution in [2.45, 2.75) is 32.7 Å². The zero-order chi connectivity index (χ0) is 17.2. The molecule has 2 rings (SSSR count). The first-order valence-corrected chi connectivity index (χ1v) is 8.20. The zero-order valence-corrected chi connectivity index (χ0v) is 15.9. The lowest BCUT2D eigenvalue weighted by Gasteiger charge is -2.06. The Hall–Kier alpha value is -2.21. The second-order valence-corrected chi connectivity index (χ2v) is 5.42. The van der Waals surface area contributed by atoms with Gasteiger partial charge in [-0.1, -0.05) is 6.07 Å². The number of carbonyl (C=O) groups excluding carboxylic acids is 2. The third-order valence-corrected chi connectivity index (χ3v) is 3.53. The van der Waals surface area contributed by atoms with Crippen LogP contribution in [0.25, 0.3) is 0 Å². The van der Waals surface area contributed by atoms with Crippen molar-refractivity contribution in [1.29, 1.82) is 0 Å². The average molecular weight is 407 g/mol. The van der Waals surface area contributed by atoms with Gasteiger partial charge in [0.05, 0.1) is 12.2 Å². The Labute approximate surface area is 158 Å². The summed E-state index contributed by atoms with van der Waals surface area (Å²) in [4.78, 5) is 23.5. The third-order valence-electron chi connectivity index (χ3n) is 3.53. The number of esters is 1. The molecular weight excluding hydrogens is 384 g/mol. The van der Waals surface area contributed by atoms with Crippen molar-refractivity contribution in [3.05, 3.63) is 60.4 Å². The van der Waals surface area contributed by atoms with Crippen molar-refractivity contribution >= 4 is 17.6 Å². The van der Waals surface area contributed by atoms with Gasteiger partial charge in [0, 0.05) is 30.7 Å². The molecule has 1 aromatic heterocycles. The van der Waals surface area contributed by atoms with Crippen LogP contribution in [0.4, 0.5) is 5.69 Å². The van der Waals surface area contributed by atoms with Gasteiger partial charge in [-0.15, -0.1) is 0 Å². The Morgan fingerprint density at radius 3 is 2.36 bits per heavy atom. The molecule has 0 saturated heterocycles. The van der Waals surface area contributed by atoms with Crippen LogP contribution < -0.4 is 26.9 Å². The molecule has 0 aliphatic heterocycles. The number of nitrogens with zero attached hydrogens (tertiary/aromatic N) is 1. The molecule has 6 heteroatoms. The summed E-state index contributed by atoms with van der Waals surface area (Å²) in [5.74, 6) is -0.370. The van der Waals surface area contributed by atoms with E-state index in [1.807, 2.05) is 30.6 Å². The summed E-state index contributed by atoms with van der Waals surface area (Å²) in [7, 11) is 0. The maximum Gasteiger partial charge on any atom is 0.338 e. The number of amides is 1. The number of benzene rings is 1. The fraction of sp³-hybridized carbons (Fsp3) is 0.316. The summed E-state index contributed by atoms with van der Waals surface area (Å²) in [6, 6.07) is 12.7. The molecule has 1 aromatic carbocycles. The highest BCUT2D eigenvalue weighted by Gasteiger charge is 2.07. The van der Waals surface area contributed by atoms with Crippen LogP contribution in [0.3, 0.4) is 0 Å². The molecule has 0 saturated carbocycles. The summed E-state index contributed by atoms with van der Waals surface area (Å²) in [5.41, 5.74) is 1.17. The molecule has 2 aromatic rings. The fourth-order valence-corrected chi connectivity index (χ4v) is 2.29. The highest BCUT2D eigenvalue weighted by molar-refractivity contribution is 5.93. The van der Waals surface area contributed by atoms with Crippen LogP contribution in [0.1, 0.15) is 36.5 Å². The van der Waals surface area contributed by atoms with Gasteiger partial charge in [-0.25, -0.2) is 9.36 Å². The monoisotopic (exact) mass is 406 g/mol. The topological polar surface area (TPSA) is 59.3 Å². The second-order valence-electron chi connectivity index (χ2n) is 5.42. The van der Waals surface area contributed by atoms with Crippen LogP contribution >= 0.6 is 0 Å². The summed E-state index contributed by atoms with van der Waals surface area (Å²) in [6.07, 6.45) is 6.29. The minimum absolute atomic E-state index is 0. The van der Waals surface area contributed by atoms with Gasteiger partial charge >= 0.3 is 5.97 Å². The molecule has 1 amide bonds. The third kappa shape index (κ3) is 7.47. The summed E-state index contributed by atoms with van der Waals surface area (Å²) >= 11 is 0. The second kappa shape index (κ2) is 11.4. The number of aryl methyl sites for hydroxylation is 1. The number of nitrogens with one attached hydrogen (secondary N) is 1. The molecule has 0 atom stereocenters. The Morgan fingerprint density at radius 1 is 1.04 bits per heavy atom. The molecule has 1 heterocycles. The van der Waals surface area contributed by atoms with E-state index >= 15 is 0 Å². The van der Waals surface area contributed by atoms with Gasteiger partial charge in [-0.05, 0) is 37.6 Å². The number of hydrogen-bond acceptors (Lipinski definition) is 3. The van der Waals surface area contributed by atoms with Gasteiger partial charge in [0.25, 0.3) is 0 Å². The molecule has 0 radical (unpaired) electrons. The van der Waals surface area contributed by atoms with Gasteiger partial charge in [0.1, 0.15) is 6.54 Å². The van der Waals surface area contributed by atoms with Crippen molar-refractivity contribution in [1.82, 2.24) is 0 Å². The quantitative estimate of drug-likeness (QED) is 0.380. The summed E-state index contributed by atoms with van der Waals surface area (Å²) in [5, 5.41) is 2.84. The number of rotatable bonds is 8. The van der Waals surface area contributed by atoms with E-state index < -0.39 is 0 Å². The molecule has 1 N–H and O–H groups in total. The van der Waals surface area contributed by atoms with Crippen LogP contribution in [0.15, 0.2) is 54.9 Å². The van der Waals surface area contributed by atoms with E-state index in [1.165, 1.54) is 0 Å². The number of unbranched alkanes of at least 4 members (excludes halogenated alkanes) is 1. The first-order valence-electron chi connectivity index (χ1n) is 8.20. The first kappa shape index (κ1) is 20.8. The largest absolute Gasteiger partial charge is 1.00 e. The van der Waals surface area contributed by atoms with Gasteiger partial charge in [-0.2, -0.15) is 0 Å². The van der Waals surface area contributed by atoms with Crippen LogP contribution in [-0.2, 0) is 16.1 Å². The number of hydrogen-bond donors (Lipinski definition) is 1.